The zero-order chi connectivity index (χ0) is 15.6. The van der Waals surface area contributed by atoms with E-state index in [0.29, 0.717) is 17.0 Å². The van der Waals surface area contributed by atoms with Crippen molar-refractivity contribution in [3.8, 4) is 0 Å². The number of hydrogen-bond acceptors (Lipinski definition) is 5. The van der Waals surface area contributed by atoms with Crippen molar-refractivity contribution < 1.29 is 13.2 Å². The minimum Gasteiger partial charge on any atom is -0.351 e. The van der Waals surface area contributed by atoms with Crippen LogP contribution in [0.15, 0.2) is 9.00 Å². The number of hydrogen-bond donors (Lipinski definition) is 3. The van der Waals surface area contributed by atoms with E-state index in [-0.39, 0.29) is 28.6 Å². The second-order valence-electron chi connectivity index (χ2n) is 5.37. The van der Waals surface area contributed by atoms with Crippen molar-refractivity contribution in [3.05, 3.63) is 15.4 Å². The molecule has 7 nitrogen and oxygen atoms in total. The van der Waals surface area contributed by atoms with Gasteiger partial charge in [0.15, 0.2) is 4.21 Å². The Morgan fingerprint density at radius 3 is 2.40 bits per heavy atom. The van der Waals surface area contributed by atoms with Crippen LogP contribution < -0.4 is 14.9 Å². The van der Waals surface area contributed by atoms with Gasteiger partial charge in [0.2, 0.25) is 5.91 Å². The van der Waals surface area contributed by atoms with Gasteiger partial charge in [-0.1, -0.05) is 11.3 Å². The normalized spacial score (nSPS) is 12.4. The Labute approximate surface area is 121 Å². The molecule has 0 aliphatic heterocycles. The third kappa shape index (κ3) is 5.06. The fraction of sp³-hybridized carbons (Fsp3) is 0.636. The van der Waals surface area contributed by atoms with Crippen LogP contribution in [0.5, 0.6) is 0 Å². The summed E-state index contributed by atoms with van der Waals surface area (Å²) < 4.78 is 26.1. The van der Waals surface area contributed by atoms with Crippen molar-refractivity contribution in [2.24, 2.45) is 0 Å². The van der Waals surface area contributed by atoms with E-state index in [0.717, 1.165) is 0 Å². The van der Waals surface area contributed by atoms with Gasteiger partial charge < -0.3 is 10.3 Å². The molecule has 1 aromatic rings. The molecule has 0 saturated carbocycles. The number of aryl methyl sites for hydroxylation is 1. The van der Waals surface area contributed by atoms with E-state index in [1.165, 1.54) is 6.92 Å². The maximum Gasteiger partial charge on any atom is 0.305 e. The predicted octanol–water partition coefficient (Wildman–Crippen LogP) is 0.328. The van der Waals surface area contributed by atoms with Crippen molar-refractivity contribution >= 4 is 27.3 Å². The second kappa shape index (κ2) is 6.06. The molecule has 0 atom stereocenters. The molecule has 0 unspecified atom stereocenters. The maximum atomic E-state index is 11.9. The first-order chi connectivity index (χ1) is 9.01. The summed E-state index contributed by atoms with van der Waals surface area (Å²) in [6, 6.07) is 0. The molecule has 0 aliphatic carbocycles. The third-order valence-electron chi connectivity index (χ3n) is 2.18. The molecule has 3 N–H and O–H groups in total. The number of carbonyl (C=O) groups is 1. The number of aromatic nitrogens is 1. The average Bonchev–Trinajstić information content (AvgIpc) is 2.55. The van der Waals surface area contributed by atoms with Gasteiger partial charge >= 0.3 is 4.87 Å². The van der Waals surface area contributed by atoms with Gasteiger partial charge in [-0.25, -0.2) is 13.1 Å². The maximum absolute atomic E-state index is 11.9. The van der Waals surface area contributed by atoms with Gasteiger partial charge in [0.05, 0.1) is 0 Å². The molecule has 0 radical (unpaired) electrons. The molecule has 0 aromatic carbocycles. The molecule has 114 valence electrons. The summed E-state index contributed by atoms with van der Waals surface area (Å²) in [5.41, 5.74) is -0.0566. The van der Waals surface area contributed by atoms with Crippen molar-refractivity contribution in [1.29, 1.82) is 0 Å². The van der Waals surface area contributed by atoms with Gasteiger partial charge in [0, 0.05) is 24.2 Å². The lowest BCUT2D eigenvalue weighted by atomic mass is 10.1. The lowest BCUT2D eigenvalue weighted by molar-refractivity contribution is -0.122. The number of nitrogens with one attached hydrogen (secondary N) is 3. The van der Waals surface area contributed by atoms with Crippen LogP contribution in [0.4, 0.5) is 0 Å². The van der Waals surface area contributed by atoms with Gasteiger partial charge in [0.25, 0.3) is 10.0 Å². The van der Waals surface area contributed by atoms with Gasteiger partial charge in [-0.15, -0.1) is 0 Å². The van der Waals surface area contributed by atoms with E-state index in [1.807, 2.05) is 20.8 Å². The van der Waals surface area contributed by atoms with Crippen LogP contribution in [0.2, 0.25) is 0 Å². The fourth-order valence-electron chi connectivity index (χ4n) is 1.49. The molecule has 1 heterocycles. The summed E-state index contributed by atoms with van der Waals surface area (Å²) in [4.78, 5) is 24.6. The number of aromatic amines is 1. The molecule has 0 fully saturated rings. The SMILES string of the molecule is Cc1[nH]c(=O)sc1S(=O)(=O)NCCC(=O)NC(C)(C)C. The van der Waals surface area contributed by atoms with Crippen LogP contribution in [-0.4, -0.2) is 31.4 Å². The molecular formula is C11H19N3O4S2. The Bertz CT molecular complexity index is 637. The Kier molecular flexibility index (Phi) is 5.11. The largest absolute Gasteiger partial charge is 0.351 e. The zero-order valence-corrected chi connectivity index (χ0v) is 13.5. The second-order valence-corrected chi connectivity index (χ2v) is 8.32. The summed E-state index contributed by atoms with van der Waals surface area (Å²) in [6.07, 6.45) is 0.0366. The van der Waals surface area contributed by atoms with E-state index in [2.05, 4.69) is 15.0 Å². The minimum atomic E-state index is -3.75. The Morgan fingerprint density at radius 2 is 1.95 bits per heavy atom. The van der Waals surface area contributed by atoms with Crippen LogP contribution in [0, 0.1) is 6.92 Å². The van der Waals surface area contributed by atoms with Crippen LogP contribution in [0.1, 0.15) is 32.9 Å². The number of thiazole rings is 1. The van der Waals surface area contributed by atoms with Crippen LogP contribution in [-0.2, 0) is 14.8 Å². The lowest BCUT2D eigenvalue weighted by Crippen LogP contribution is -2.41. The number of sulfonamides is 1. The Morgan fingerprint density at radius 1 is 1.35 bits per heavy atom. The lowest BCUT2D eigenvalue weighted by Gasteiger charge is -2.20. The standard InChI is InChI=1S/C11H19N3O4S2/c1-7-9(19-10(16)13-7)20(17,18)12-6-5-8(15)14-11(2,3)4/h12H,5-6H2,1-4H3,(H,13,16)(H,14,15). The number of rotatable bonds is 5. The predicted molar refractivity (Wildman–Crippen MR) is 77.4 cm³/mol. The average molecular weight is 321 g/mol. The van der Waals surface area contributed by atoms with Gasteiger partial charge in [-0.3, -0.25) is 9.59 Å². The van der Waals surface area contributed by atoms with Crippen LogP contribution >= 0.6 is 11.3 Å². The van der Waals surface area contributed by atoms with Crippen molar-refractivity contribution in [3.63, 3.8) is 0 Å². The highest BCUT2D eigenvalue weighted by Gasteiger charge is 2.21. The summed E-state index contributed by atoms with van der Waals surface area (Å²) >= 11 is 0.628. The highest BCUT2D eigenvalue weighted by Crippen LogP contribution is 2.15. The van der Waals surface area contributed by atoms with Crippen molar-refractivity contribution in [2.45, 2.75) is 43.9 Å². The molecule has 0 saturated heterocycles. The number of H-pyrrole nitrogens is 1. The fourth-order valence-corrected chi connectivity index (χ4v) is 3.87. The van der Waals surface area contributed by atoms with E-state index in [4.69, 9.17) is 0 Å². The molecular weight excluding hydrogens is 302 g/mol. The zero-order valence-electron chi connectivity index (χ0n) is 11.9. The smallest absolute Gasteiger partial charge is 0.305 e. The summed E-state index contributed by atoms with van der Waals surface area (Å²) in [7, 11) is -3.75. The van der Waals surface area contributed by atoms with E-state index in [1.54, 1.807) is 0 Å². The highest BCUT2D eigenvalue weighted by atomic mass is 32.2. The quantitative estimate of drug-likeness (QED) is 0.726. The monoisotopic (exact) mass is 321 g/mol. The molecule has 20 heavy (non-hydrogen) atoms. The first-order valence-electron chi connectivity index (χ1n) is 6.02. The molecule has 9 heteroatoms. The molecule has 0 aliphatic rings. The number of amides is 1. The van der Waals surface area contributed by atoms with E-state index >= 15 is 0 Å². The van der Waals surface area contributed by atoms with E-state index < -0.39 is 14.9 Å². The van der Waals surface area contributed by atoms with Gasteiger partial charge in [-0.05, 0) is 27.7 Å². The first kappa shape index (κ1) is 16.9. The van der Waals surface area contributed by atoms with Crippen LogP contribution in [0.3, 0.4) is 0 Å². The van der Waals surface area contributed by atoms with E-state index in [9.17, 15) is 18.0 Å². The molecule has 1 aromatic heterocycles. The van der Waals surface area contributed by atoms with Gasteiger partial charge in [0.1, 0.15) is 0 Å². The van der Waals surface area contributed by atoms with Gasteiger partial charge in [-0.2, -0.15) is 0 Å². The number of carbonyl (C=O) groups excluding carboxylic acids is 1. The molecule has 0 spiro atoms. The first-order valence-corrected chi connectivity index (χ1v) is 8.31. The summed E-state index contributed by atoms with van der Waals surface area (Å²) in [5.74, 6) is -0.237. The topological polar surface area (TPSA) is 108 Å². The minimum absolute atomic E-state index is 0.0181. The van der Waals surface area contributed by atoms with Crippen LogP contribution in [0.25, 0.3) is 0 Å². The van der Waals surface area contributed by atoms with Crippen molar-refractivity contribution in [1.82, 2.24) is 15.0 Å². The Hall–Kier alpha value is -1.19. The van der Waals surface area contributed by atoms with Crippen molar-refractivity contribution in [2.75, 3.05) is 6.54 Å². The highest BCUT2D eigenvalue weighted by molar-refractivity contribution is 7.91. The molecule has 1 rings (SSSR count). The third-order valence-corrected chi connectivity index (χ3v) is 5.25. The molecule has 0 bridgehead atoms. The summed E-state index contributed by atoms with van der Waals surface area (Å²) in [6.45, 7) is 7.02. The molecule has 1 amide bonds. The summed E-state index contributed by atoms with van der Waals surface area (Å²) in [5, 5.41) is 2.73. The Balaban J connectivity index is 2.60.